The Morgan fingerprint density at radius 2 is 2.04 bits per heavy atom. The van der Waals surface area contributed by atoms with Crippen molar-refractivity contribution >= 4 is 5.91 Å². The SMILES string of the molecule is C=CCN(Cc1nc(-c2ccc(C)cc2)no1)C(=O)c1cccc(F)c1. The number of benzene rings is 2. The van der Waals surface area contributed by atoms with Gasteiger partial charge < -0.3 is 9.42 Å². The number of carbonyl (C=O) groups excluding carboxylic acids is 1. The first-order valence-electron chi connectivity index (χ1n) is 8.12. The molecule has 132 valence electrons. The van der Waals surface area contributed by atoms with Gasteiger partial charge in [-0.05, 0) is 25.1 Å². The Balaban J connectivity index is 1.79. The molecule has 0 atom stereocenters. The molecule has 3 aromatic rings. The highest BCUT2D eigenvalue weighted by Crippen LogP contribution is 2.18. The van der Waals surface area contributed by atoms with E-state index in [-0.39, 0.29) is 24.6 Å². The molecule has 0 saturated heterocycles. The molecule has 0 N–H and O–H groups in total. The summed E-state index contributed by atoms with van der Waals surface area (Å²) in [5.74, 6) is -0.0442. The van der Waals surface area contributed by atoms with E-state index in [1.54, 1.807) is 12.1 Å². The molecule has 0 aliphatic rings. The molecule has 26 heavy (non-hydrogen) atoms. The van der Waals surface area contributed by atoms with Crippen molar-refractivity contribution in [3.05, 3.63) is 84.0 Å². The normalized spacial score (nSPS) is 10.5. The zero-order valence-corrected chi connectivity index (χ0v) is 14.4. The largest absolute Gasteiger partial charge is 0.337 e. The van der Waals surface area contributed by atoms with Crippen molar-refractivity contribution in [3.63, 3.8) is 0 Å². The third kappa shape index (κ3) is 4.03. The summed E-state index contributed by atoms with van der Waals surface area (Å²) in [6, 6.07) is 13.3. The van der Waals surface area contributed by atoms with Gasteiger partial charge in [0.25, 0.3) is 5.91 Å². The second kappa shape index (κ2) is 7.74. The summed E-state index contributed by atoms with van der Waals surface area (Å²) in [7, 11) is 0. The molecule has 0 aliphatic carbocycles. The molecular weight excluding hydrogens is 333 g/mol. The first-order chi connectivity index (χ1) is 12.6. The van der Waals surface area contributed by atoms with Crippen LogP contribution in [0.2, 0.25) is 0 Å². The zero-order chi connectivity index (χ0) is 18.5. The van der Waals surface area contributed by atoms with Crippen LogP contribution in [0.25, 0.3) is 11.4 Å². The van der Waals surface area contributed by atoms with Crippen molar-refractivity contribution in [2.45, 2.75) is 13.5 Å². The zero-order valence-electron chi connectivity index (χ0n) is 14.4. The van der Waals surface area contributed by atoms with Gasteiger partial charge in [-0.1, -0.05) is 47.1 Å². The Labute approximate surface area is 150 Å². The lowest BCUT2D eigenvalue weighted by Crippen LogP contribution is -2.30. The van der Waals surface area contributed by atoms with Gasteiger partial charge in [0, 0.05) is 17.7 Å². The molecule has 5 nitrogen and oxygen atoms in total. The molecule has 1 heterocycles. The third-order valence-electron chi connectivity index (χ3n) is 3.81. The number of amides is 1. The van der Waals surface area contributed by atoms with Crippen LogP contribution < -0.4 is 0 Å². The van der Waals surface area contributed by atoms with E-state index in [1.807, 2.05) is 31.2 Å². The van der Waals surface area contributed by atoms with Crippen molar-refractivity contribution in [2.24, 2.45) is 0 Å². The Bertz CT molecular complexity index is 919. The van der Waals surface area contributed by atoms with Crippen LogP contribution in [0.4, 0.5) is 4.39 Å². The van der Waals surface area contributed by atoms with Gasteiger partial charge in [-0.25, -0.2) is 4.39 Å². The van der Waals surface area contributed by atoms with Crippen LogP contribution in [-0.4, -0.2) is 27.5 Å². The van der Waals surface area contributed by atoms with Crippen LogP contribution in [0.15, 0.2) is 65.7 Å². The summed E-state index contributed by atoms with van der Waals surface area (Å²) in [5.41, 5.74) is 2.22. The number of aryl methyl sites for hydroxylation is 1. The first-order valence-corrected chi connectivity index (χ1v) is 8.12. The number of hydrogen-bond acceptors (Lipinski definition) is 4. The summed E-state index contributed by atoms with van der Waals surface area (Å²) in [6.45, 7) is 6.05. The second-order valence-corrected chi connectivity index (χ2v) is 5.86. The van der Waals surface area contributed by atoms with E-state index in [4.69, 9.17) is 4.52 Å². The minimum Gasteiger partial charge on any atom is -0.337 e. The molecule has 0 saturated carbocycles. The number of rotatable bonds is 6. The highest BCUT2D eigenvalue weighted by atomic mass is 19.1. The maximum Gasteiger partial charge on any atom is 0.254 e. The molecule has 1 amide bonds. The Hall–Kier alpha value is -3.28. The van der Waals surface area contributed by atoms with Crippen molar-refractivity contribution in [2.75, 3.05) is 6.54 Å². The third-order valence-corrected chi connectivity index (χ3v) is 3.81. The molecule has 0 spiro atoms. The predicted octanol–water partition coefficient (Wildman–Crippen LogP) is 4.01. The molecule has 0 bridgehead atoms. The number of hydrogen-bond donors (Lipinski definition) is 0. The average molecular weight is 351 g/mol. The number of aromatic nitrogens is 2. The fraction of sp³-hybridized carbons (Fsp3) is 0.150. The summed E-state index contributed by atoms with van der Waals surface area (Å²) in [4.78, 5) is 18.4. The van der Waals surface area contributed by atoms with Crippen LogP contribution in [0.5, 0.6) is 0 Å². The fourth-order valence-electron chi connectivity index (χ4n) is 2.48. The summed E-state index contributed by atoms with van der Waals surface area (Å²) < 4.78 is 18.7. The van der Waals surface area contributed by atoms with Crippen LogP contribution in [0, 0.1) is 12.7 Å². The van der Waals surface area contributed by atoms with E-state index in [0.29, 0.717) is 11.7 Å². The molecule has 0 fully saturated rings. The molecule has 0 unspecified atom stereocenters. The van der Waals surface area contributed by atoms with Gasteiger partial charge in [0.2, 0.25) is 11.7 Å². The van der Waals surface area contributed by atoms with Crippen LogP contribution in [-0.2, 0) is 6.54 Å². The molecule has 3 rings (SSSR count). The van der Waals surface area contributed by atoms with Crippen LogP contribution in [0.1, 0.15) is 21.8 Å². The fourth-order valence-corrected chi connectivity index (χ4v) is 2.48. The van der Waals surface area contributed by atoms with Gasteiger partial charge in [0.1, 0.15) is 12.4 Å². The van der Waals surface area contributed by atoms with Gasteiger partial charge in [-0.2, -0.15) is 4.98 Å². The first kappa shape index (κ1) is 17.5. The smallest absolute Gasteiger partial charge is 0.254 e. The Kier molecular flexibility index (Phi) is 5.22. The Morgan fingerprint density at radius 1 is 1.27 bits per heavy atom. The highest BCUT2D eigenvalue weighted by molar-refractivity contribution is 5.94. The lowest BCUT2D eigenvalue weighted by molar-refractivity contribution is 0.0745. The molecule has 0 radical (unpaired) electrons. The lowest BCUT2D eigenvalue weighted by Gasteiger charge is -2.19. The van der Waals surface area contributed by atoms with E-state index in [2.05, 4.69) is 16.7 Å². The topological polar surface area (TPSA) is 59.2 Å². The molecule has 1 aromatic heterocycles. The van der Waals surface area contributed by atoms with E-state index >= 15 is 0 Å². The van der Waals surface area contributed by atoms with Crippen LogP contribution in [0.3, 0.4) is 0 Å². The maximum atomic E-state index is 13.4. The maximum absolute atomic E-state index is 13.4. The number of nitrogens with zero attached hydrogens (tertiary/aromatic N) is 3. The van der Waals surface area contributed by atoms with E-state index < -0.39 is 5.82 Å². The van der Waals surface area contributed by atoms with Crippen molar-refractivity contribution in [1.29, 1.82) is 0 Å². The minimum atomic E-state index is -0.464. The van der Waals surface area contributed by atoms with Gasteiger partial charge in [-0.15, -0.1) is 6.58 Å². The molecule has 2 aromatic carbocycles. The number of halogens is 1. The summed E-state index contributed by atoms with van der Waals surface area (Å²) in [6.07, 6.45) is 1.59. The number of carbonyl (C=O) groups is 1. The summed E-state index contributed by atoms with van der Waals surface area (Å²) >= 11 is 0. The van der Waals surface area contributed by atoms with E-state index in [0.717, 1.165) is 11.1 Å². The van der Waals surface area contributed by atoms with Crippen molar-refractivity contribution in [1.82, 2.24) is 15.0 Å². The van der Waals surface area contributed by atoms with Crippen LogP contribution >= 0.6 is 0 Å². The van der Waals surface area contributed by atoms with Crippen molar-refractivity contribution < 1.29 is 13.7 Å². The minimum absolute atomic E-state index is 0.111. The van der Waals surface area contributed by atoms with E-state index in [1.165, 1.54) is 23.1 Å². The van der Waals surface area contributed by atoms with Crippen molar-refractivity contribution in [3.8, 4) is 11.4 Å². The van der Waals surface area contributed by atoms with Gasteiger partial charge in [0.15, 0.2) is 0 Å². The summed E-state index contributed by atoms with van der Waals surface area (Å²) in [5, 5.41) is 3.97. The van der Waals surface area contributed by atoms with Gasteiger partial charge in [0.05, 0.1) is 0 Å². The van der Waals surface area contributed by atoms with Gasteiger partial charge >= 0.3 is 0 Å². The molecule has 0 aliphatic heterocycles. The van der Waals surface area contributed by atoms with E-state index in [9.17, 15) is 9.18 Å². The predicted molar refractivity (Wildman–Crippen MR) is 95.8 cm³/mol. The monoisotopic (exact) mass is 351 g/mol. The second-order valence-electron chi connectivity index (χ2n) is 5.86. The molecule has 6 heteroatoms. The highest BCUT2D eigenvalue weighted by Gasteiger charge is 2.19. The Morgan fingerprint density at radius 3 is 2.73 bits per heavy atom. The van der Waals surface area contributed by atoms with Gasteiger partial charge in [-0.3, -0.25) is 4.79 Å². The molecular formula is C20H18FN3O2. The quantitative estimate of drug-likeness (QED) is 0.630. The standard InChI is InChI=1S/C20H18FN3O2/c1-3-11-24(20(25)16-5-4-6-17(21)12-16)13-18-22-19(23-26-18)15-9-7-14(2)8-10-15/h3-10,12H,1,11,13H2,2H3. The average Bonchev–Trinajstić information content (AvgIpc) is 3.10. The lowest BCUT2D eigenvalue weighted by atomic mass is 10.1.